The Kier molecular flexibility index (Phi) is 9.36. The van der Waals surface area contributed by atoms with Crippen LogP contribution in [0.25, 0.3) is 0 Å². The number of nitrogens with two attached hydrogens (primary N) is 2. The molecule has 0 spiro atoms. The molecule has 1 saturated carbocycles. The van der Waals surface area contributed by atoms with E-state index in [1.54, 1.807) is 11.2 Å². The summed E-state index contributed by atoms with van der Waals surface area (Å²) >= 11 is 0. The van der Waals surface area contributed by atoms with Crippen LogP contribution in [-0.2, 0) is 9.59 Å². The minimum atomic E-state index is -0.689. The van der Waals surface area contributed by atoms with Crippen LogP contribution >= 0.6 is 0 Å². The van der Waals surface area contributed by atoms with Gasteiger partial charge >= 0.3 is 0 Å². The van der Waals surface area contributed by atoms with Crippen LogP contribution in [0.3, 0.4) is 0 Å². The van der Waals surface area contributed by atoms with Crippen molar-refractivity contribution in [1.29, 1.82) is 0 Å². The number of unbranched alkanes of at least 4 members (excludes halogenated alkanes) is 1. The molecule has 2 fully saturated rings. The van der Waals surface area contributed by atoms with Gasteiger partial charge in [0.15, 0.2) is 0 Å². The topological polar surface area (TPSA) is 123 Å². The Labute approximate surface area is 203 Å². The highest BCUT2D eigenvalue weighted by molar-refractivity contribution is 6.02. The van der Waals surface area contributed by atoms with Crippen LogP contribution in [0, 0.1) is 5.92 Å². The lowest BCUT2D eigenvalue weighted by atomic mass is 9.91. The summed E-state index contributed by atoms with van der Waals surface area (Å²) < 4.78 is 5.95. The Morgan fingerprint density at radius 3 is 2.82 bits per heavy atom. The van der Waals surface area contributed by atoms with Gasteiger partial charge in [0.05, 0.1) is 12.1 Å². The van der Waals surface area contributed by atoms with Gasteiger partial charge in [0.1, 0.15) is 5.75 Å². The monoisotopic (exact) mass is 471 g/mol. The summed E-state index contributed by atoms with van der Waals surface area (Å²) in [7, 11) is 0. The average Bonchev–Trinajstić information content (AvgIpc) is 3.66. The predicted molar refractivity (Wildman–Crippen MR) is 133 cm³/mol. The van der Waals surface area contributed by atoms with Crippen molar-refractivity contribution in [2.75, 3.05) is 19.7 Å². The number of ether oxygens (including phenoxy) is 1. The summed E-state index contributed by atoms with van der Waals surface area (Å²) in [6.45, 7) is 6.18. The zero-order chi connectivity index (χ0) is 24.6. The van der Waals surface area contributed by atoms with Crippen LogP contribution in [0.15, 0.2) is 36.2 Å². The van der Waals surface area contributed by atoms with E-state index in [1.165, 1.54) is 18.4 Å². The first kappa shape index (κ1) is 26.0. The highest BCUT2D eigenvalue weighted by Crippen LogP contribution is 2.31. The van der Waals surface area contributed by atoms with Crippen LogP contribution in [0.2, 0.25) is 0 Å². The molecule has 1 aliphatic carbocycles. The molecule has 1 aromatic carbocycles. The van der Waals surface area contributed by atoms with E-state index in [0.717, 1.165) is 49.7 Å². The second kappa shape index (κ2) is 12.2. The molecule has 34 heavy (non-hydrogen) atoms. The number of rotatable bonds is 14. The van der Waals surface area contributed by atoms with Crippen LogP contribution in [-0.4, -0.2) is 42.1 Å². The van der Waals surface area contributed by atoms with Crippen molar-refractivity contribution in [2.24, 2.45) is 17.5 Å². The van der Waals surface area contributed by atoms with Crippen molar-refractivity contribution < 1.29 is 14.3 Å². The van der Waals surface area contributed by atoms with Crippen molar-refractivity contribution in [3.05, 3.63) is 41.7 Å². The van der Waals surface area contributed by atoms with E-state index in [2.05, 4.69) is 35.8 Å². The number of nitrogens with zero attached hydrogens (tertiary/aromatic N) is 1. The minimum Gasteiger partial charge on any atom is -0.493 e. The molecule has 0 radical (unpaired) electrons. The number of benzene rings is 1. The van der Waals surface area contributed by atoms with Gasteiger partial charge in [0.2, 0.25) is 11.8 Å². The fourth-order valence-electron chi connectivity index (χ4n) is 4.27. The van der Waals surface area contributed by atoms with Crippen molar-refractivity contribution in [3.63, 3.8) is 0 Å². The van der Waals surface area contributed by atoms with Crippen molar-refractivity contribution in [2.45, 2.75) is 76.7 Å². The quantitative estimate of drug-likeness (QED) is 0.142. The Morgan fingerprint density at radius 2 is 2.15 bits per heavy atom. The fraction of sp³-hybridized carbons (Fsp3) is 0.615. The van der Waals surface area contributed by atoms with E-state index in [0.29, 0.717) is 25.9 Å². The molecule has 188 valence electrons. The molecule has 2 aliphatic rings. The Hall–Kier alpha value is -2.58. The highest BCUT2D eigenvalue weighted by atomic mass is 16.5. The predicted octanol–water partition coefficient (Wildman–Crippen LogP) is 2.90. The number of amides is 2. The molecular weight excluding hydrogens is 430 g/mol. The molecule has 0 aromatic heterocycles. The van der Waals surface area contributed by atoms with Gasteiger partial charge in [-0.25, -0.2) is 5.84 Å². The number of hydrogen-bond donors (Lipinski definition) is 4. The second-order valence-electron chi connectivity index (χ2n) is 9.84. The van der Waals surface area contributed by atoms with Gasteiger partial charge in [0.25, 0.3) is 0 Å². The molecule has 1 aromatic rings. The molecule has 0 bridgehead atoms. The summed E-state index contributed by atoms with van der Waals surface area (Å²) in [4.78, 5) is 23.5. The number of carbonyl (C=O) groups is 2. The van der Waals surface area contributed by atoms with Gasteiger partial charge in [-0.1, -0.05) is 19.1 Å². The van der Waals surface area contributed by atoms with Crippen molar-refractivity contribution in [3.8, 4) is 5.75 Å². The first-order chi connectivity index (χ1) is 16.3. The van der Waals surface area contributed by atoms with Gasteiger partial charge in [-0.2, -0.15) is 0 Å². The maximum atomic E-state index is 12.1. The van der Waals surface area contributed by atoms with Crippen LogP contribution in [0.5, 0.6) is 5.75 Å². The third-order valence-corrected chi connectivity index (χ3v) is 6.96. The zero-order valence-electron chi connectivity index (χ0n) is 20.6. The molecule has 2 unspecified atom stereocenters. The smallest absolute Gasteiger partial charge is 0.246 e. The first-order valence-electron chi connectivity index (χ1n) is 12.6. The SMILES string of the molecule is CCC(CN(N)/C(=C\N)CCCCNC1(C)CCC(=O)NC1=O)c1cccc(OCC2CC2)c1. The lowest BCUT2D eigenvalue weighted by molar-refractivity contribution is -0.138. The van der Waals surface area contributed by atoms with Gasteiger partial charge < -0.3 is 20.8 Å². The minimum absolute atomic E-state index is 0.201. The van der Waals surface area contributed by atoms with E-state index in [4.69, 9.17) is 16.3 Å². The Balaban J connectivity index is 1.43. The molecule has 2 amide bonds. The summed E-state index contributed by atoms with van der Waals surface area (Å²) in [6, 6.07) is 8.35. The highest BCUT2D eigenvalue weighted by Gasteiger charge is 2.37. The largest absolute Gasteiger partial charge is 0.493 e. The Morgan fingerprint density at radius 1 is 1.35 bits per heavy atom. The van der Waals surface area contributed by atoms with Crippen LogP contribution < -0.4 is 26.9 Å². The van der Waals surface area contributed by atoms with Gasteiger partial charge in [-0.3, -0.25) is 14.9 Å². The van der Waals surface area contributed by atoms with Crippen LogP contribution in [0.4, 0.5) is 0 Å². The molecule has 2 atom stereocenters. The fourth-order valence-corrected chi connectivity index (χ4v) is 4.27. The number of imide groups is 1. The maximum Gasteiger partial charge on any atom is 0.246 e. The first-order valence-corrected chi connectivity index (χ1v) is 12.6. The van der Waals surface area contributed by atoms with Gasteiger partial charge in [0, 0.05) is 30.8 Å². The summed E-state index contributed by atoms with van der Waals surface area (Å²) in [5.41, 5.74) is 7.35. The number of hydrogen-bond acceptors (Lipinski definition) is 7. The lowest BCUT2D eigenvalue weighted by Gasteiger charge is -2.32. The normalized spacial score (nSPS) is 21.8. The number of allylic oxidation sites excluding steroid dienone is 1. The lowest BCUT2D eigenvalue weighted by Crippen LogP contribution is -2.59. The van der Waals surface area contributed by atoms with Gasteiger partial charge in [-0.15, -0.1) is 0 Å². The van der Waals surface area contributed by atoms with Crippen molar-refractivity contribution >= 4 is 11.8 Å². The maximum absolute atomic E-state index is 12.1. The summed E-state index contributed by atoms with van der Waals surface area (Å²) in [5.74, 6) is 7.91. The van der Waals surface area contributed by atoms with E-state index < -0.39 is 5.54 Å². The summed E-state index contributed by atoms with van der Waals surface area (Å²) in [5, 5.41) is 7.48. The number of carbonyl (C=O) groups excluding carboxylic acids is 2. The van der Waals surface area contributed by atoms with Gasteiger partial charge in [-0.05, 0) is 82.0 Å². The number of piperidine rings is 1. The molecule has 1 heterocycles. The average molecular weight is 472 g/mol. The second-order valence-corrected chi connectivity index (χ2v) is 9.84. The third kappa shape index (κ3) is 7.46. The van der Waals surface area contributed by atoms with E-state index in [-0.39, 0.29) is 17.7 Å². The molecule has 6 N–H and O–H groups in total. The standard InChI is InChI=1S/C26H41N5O3/c1-3-20(21-7-6-9-23(15-21)34-18-19-10-11-19)17-31(28)22(16-27)8-4-5-14-29-26(2)13-12-24(32)30-25(26)33/h6-7,9,15-16,19-20,29H,3-5,8,10-14,17-18,27-28H2,1-2H3,(H,30,32,33)/b22-16-. The Bertz CT molecular complexity index is 870. The molecule has 3 rings (SSSR count). The van der Waals surface area contributed by atoms with E-state index >= 15 is 0 Å². The van der Waals surface area contributed by atoms with E-state index in [1.807, 2.05) is 13.0 Å². The number of nitrogens with one attached hydrogen (secondary N) is 2. The van der Waals surface area contributed by atoms with Crippen molar-refractivity contribution in [1.82, 2.24) is 15.6 Å². The van der Waals surface area contributed by atoms with Crippen LogP contribution in [0.1, 0.15) is 76.7 Å². The van der Waals surface area contributed by atoms with E-state index in [9.17, 15) is 9.59 Å². The molecular formula is C26H41N5O3. The summed E-state index contributed by atoms with van der Waals surface area (Å²) in [6.07, 6.45) is 8.53. The molecule has 8 heteroatoms. The third-order valence-electron chi connectivity index (χ3n) is 6.96. The molecule has 8 nitrogen and oxygen atoms in total. The zero-order valence-corrected chi connectivity index (χ0v) is 20.6. The molecule has 1 saturated heterocycles. The molecule has 1 aliphatic heterocycles. The number of hydrazine groups is 1.